The van der Waals surface area contributed by atoms with Gasteiger partial charge in [-0.25, -0.2) is 0 Å². The Kier molecular flexibility index (Phi) is 5.57. The molecule has 3 aromatic rings. The third-order valence-corrected chi connectivity index (χ3v) is 6.81. The van der Waals surface area contributed by atoms with Gasteiger partial charge in [-0.1, -0.05) is 24.3 Å². The minimum Gasteiger partial charge on any atom is -0.496 e. The Morgan fingerprint density at radius 1 is 1.19 bits per heavy atom. The zero-order valence-corrected chi connectivity index (χ0v) is 16.8. The van der Waals surface area contributed by atoms with E-state index in [1.807, 2.05) is 35.6 Å². The molecule has 3 heterocycles. The van der Waals surface area contributed by atoms with Crippen molar-refractivity contribution in [2.24, 2.45) is 0 Å². The Hall–Kier alpha value is -2.15. The fraction of sp³-hybridized carbons (Fsp3) is 0.286. The molecular formula is C21H22N2O2S2. The molecule has 1 aliphatic heterocycles. The van der Waals surface area contributed by atoms with Crippen molar-refractivity contribution >= 4 is 28.6 Å². The van der Waals surface area contributed by atoms with E-state index in [4.69, 9.17) is 4.74 Å². The van der Waals surface area contributed by atoms with E-state index in [0.29, 0.717) is 13.1 Å². The minimum atomic E-state index is 0.0427. The quantitative estimate of drug-likeness (QED) is 0.680. The topological polar surface area (TPSA) is 41.6 Å². The number of rotatable bonds is 6. The van der Waals surface area contributed by atoms with Gasteiger partial charge in [0.25, 0.3) is 0 Å². The summed E-state index contributed by atoms with van der Waals surface area (Å²) in [4.78, 5) is 17.7. The standard InChI is InChI=1S/C21H22N2O2S2/c1-25-17-6-3-2-5-15(17)13-22-20(24)14-23-10-8-18-16(9-12-27-18)21(23)19-7-4-11-26-19/h2-7,9,11-12,21H,8,10,13-14H2,1H3,(H,22,24)/t21-/m0/s1. The van der Waals surface area contributed by atoms with E-state index in [-0.39, 0.29) is 11.9 Å². The monoisotopic (exact) mass is 398 g/mol. The lowest BCUT2D eigenvalue weighted by Gasteiger charge is -2.34. The van der Waals surface area contributed by atoms with Crippen LogP contribution in [0.3, 0.4) is 0 Å². The van der Waals surface area contributed by atoms with Crippen LogP contribution in [0.1, 0.15) is 26.9 Å². The molecule has 140 valence electrons. The molecule has 27 heavy (non-hydrogen) atoms. The summed E-state index contributed by atoms with van der Waals surface area (Å²) in [5.41, 5.74) is 2.34. The highest BCUT2D eigenvalue weighted by molar-refractivity contribution is 7.10. The van der Waals surface area contributed by atoms with E-state index >= 15 is 0 Å². The number of nitrogens with one attached hydrogen (secondary N) is 1. The molecular weight excluding hydrogens is 376 g/mol. The van der Waals surface area contributed by atoms with Gasteiger partial charge in [-0.3, -0.25) is 9.69 Å². The molecule has 0 radical (unpaired) electrons. The van der Waals surface area contributed by atoms with Gasteiger partial charge >= 0.3 is 0 Å². The number of hydrogen-bond acceptors (Lipinski definition) is 5. The van der Waals surface area contributed by atoms with Crippen molar-refractivity contribution in [3.63, 3.8) is 0 Å². The lowest BCUT2D eigenvalue weighted by atomic mass is 9.98. The third-order valence-electron chi connectivity index (χ3n) is 4.89. The Labute approximate surface area is 167 Å². The smallest absolute Gasteiger partial charge is 0.234 e. The number of carbonyl (C=O) groups excluding carboxylic acids is 1. The number of ether oxygens (including phenoxy) is 1. The SMILES string of the molecule is COc1ccccc1CNC(=O)CN1CCc2sccc2[C@H]1c1cccs1. The van der Waals surface area contributed by atoms with Crippen molar-refractivity contribution in [2.45, 2.75) is 19.0 Å². The molecule has 1 amide bonds. The van der Waals surface area contributed by atoms with Crippen LogP contribution in [-0.4, -0.2) is 31.0 Å². The van der Waals surface area contributed by atoms with Gasteiger partial charge in [-0.2, -0.15) is 0 Å². The van der Waals surface area contributed by atoms with Crippen LogP contribution >= 0.6 is 22.7 Å². The number of methoxy groups -OCH3 is 1. The summed E-state index contributed by atoms with van der Waals surface area (Å²) in [6.07, 6.45) is 1.01. The van der Waals surface area contributed by atoms with E-state index in [9.17, 15) is 4.79 Å². The maximum Gasteiger partial charge on any atom is 0.234 e. The molecule has 4 nitrogen and oxygen atoms in total. The first-order valence-corrected chi connectivity index (χ1v) is 10.7. The molecule has 0 saturated heterocycles. The summed E-state index contributed by atoms with van der Waals surface area (Å²) in [7, 11) is 1.65. The lowest BCUT2D eigenvalue weighted by molar-refractivity contribution is -0.122. The summed E-state index contributed by atoms with van der Waals surface area (Å²) >= 11 is 3.58. The van der Waals surface area contributed by atoms with E-state index < -0.39 is 0 Å². The van der Waals surface area contributed by atoms with Crippen molar-refractivity contribution in [2.75, 3.05) is 20.2 Å². The average molecular weight is 399 g/mol. The van der Waals surface area contributed by atoms with E-state index in [1.54, 1.807) is 18.4 Å². The summed E-state index contributed by atoms with van der Waals surface area (Å²) in [6, 6.07) is 14.4. The van der Waals surface area contributed by atoms with Gasteiger partial charge in [0.15, 0.2) is 0 Å². The van der Waals surface area contributed by atoms with Crippen LogP contribution in [0.2, 0.25) is 0 Å². The number of amides is 1. The number of benzene rings is 1. The normalized spacial score (nSPS) is 16.7. The first kappa shape index (κ1) is 18.2. The number of para-hydroxylation sites is 1. The van der Waals surface area contributed by atoms with Gasteiger partial charge in [-0.15, -0.1) is 22.7 Å². The minimum absolute atomic E-state index is 0.0427. The number of hydrogen-bond donors (Lipinski definition) is 1. The largest absolute Gasteiger partial charge is 0.496 e. The molecule has 4 rings (SSSR count). The van der Waals surface area contributed by atoms with Crippen molar-refractivity contribution < 1.29 is 9.53 Å². The second-order valence-electron chi connectivity index (χ2n) is 6.53. The van der Waals surface area contributed by atoms with Crippen molar-refractivity contribution in [3.8, 4) is 5.75 Å². The van der Waals surface area contributed by atoms with Crippen LogP contribution in [0.4, 0.5) is 0 Å². The molecule has 0 fully saturated rings. The number of fused-ring (bicyclic) bond motifs is 1. The van der Waals surface area contributed by atoms with Crippen LogP contribution in [0, 0.1) is 0 Å². The molecule has 1 aliphatic rings. The molecule has 6 heteroatoms. The van der Waals surface area contributed by atoms with Gasteiger partial charge in [0, 0.05) is 28.4 Å². The molecule has 2 aromatic heterocycles. The van der Waals surface area contributed by atoms with Gasteiger partial charge in [-0.05, 0) is 40.9 Å². The molecule has 0 aliphatic carbocycles. The van der Waals surface area contributed by atoms with Gasteiger partial charge in [0.2, 0.25) is 5.91 Å². The van der Waals surface area contributed by atoms with Crippen LogP contribution in [0.15, 0.2) is 53.2 Å². The molecule has 0 saturated carbocycles. The zero-order valence-electron chi connectivity index (χ0n) is 15.2. The highest BCUT2D eigenvalue weighted by Gasteiger charge is 2.31. The number of thiophene rings is 2. The predicted molar refractivity (Wildman–Crippen MR) is 111 cm³/mol. The predicted octanol–water partition coefficient (Wildman–Crippen LogP) is 4.08. The van der Waals surface area contributed by atoms with Crippen LogP contribution in [-0.2, 0) is 17.8 Å². The number of nitrogens with zero attached hydrogens (tertiary/aromatic N) is 1. The number of carbonyl (C=O) groups is 1. The summed E-state index contributed by atoms with van der Waals surface area (Å²) in [5.74, 6) is 0.844. The Morgan fingerprint density at radius 2 is 2.07 bits per heavy atom. The zero-order chi connectivity index (χ0) is 18.6. The maximum absolute atomic E-state index is 12.7. The Morgan fingerprint density at radius 3 is 2.89 bits per heavy atom. The molecule has 0 unspecified atom stereocenters. The van der Waals surface area contributed by atoms with E-state index in [1.165, 1.54) is 15.3 Å². The lowest BCUT2D eigenvalue weighted by Crippen LogP contribution is -2.42. The van der Waals surface area contributed by atoms with Crippen molar-refractivity contribution in [1.29, 1.82) is 0 Å². The maximum atomic E-state index is 12.7. The summed E-state index contributed by atoms with van der Waals surface area (Å²) in [5, 5.41) is 7.32. The molecule has 0 spiro atoms. The van der Waals surface area contributed by atoms with E-state index in [2.05, 4.69) is 39.2 Å². The van der Waals surface area contributed by atoms with Gasteiger partial charge < -0.3 is 10.1 Å². The first-order chi connectivity index (χ1) is 13.3. The molecule has 0 bridgehead atoms. The Bertz CT molecular complexity index is 905. The second-order valence-corrected chi connectivity index (χ2v) is 8.51. The van der Waals surface area contributed by atoms with Gasteiger partial charge in [0.1, 0.15) is 5.75 Å². The summed E-state index contributed by atoms with van der Waals surface area (Å²) in [6.45, 7) is 1.77. The van der Waals surface area contributed by atoms with Crippen molar-refractivity contribution in [1.82, 2.24) is 10.2 Å². The highest BCUT2D eigenvalue weighted by atomic mass is 32.1. The third kappa shape index (κ3) is 3.93. The van der Waals surface area contributed by atoms with Crippen LogP contribution < -0.4 is 10.1 Å². The van der Waals surface area contributed by atoms with Gasteiger partial charge in [0.05, 0.1) is 19.7 Å². The fourth-order valence-corrected chi connectivity index (χ4v) is 5.38. The first-order valence-electron chi connectivity index (χ1n) is 8.98. The fourth-order valence-electron chi connectivity index (χ4n) is 3.60. The molecule has 1 atom stereocenters. The van der Waals surface area contributed by atoms with Crippen molar-refractivity contribution in [3.05, 3.63) is 74.1 Å². The molecule has 1 aromatic carbocycles. The second kappa shape index (κ2) is 8.25. The van der Waals surface area contributed by atoms with E-state index in [0.717, 1.165) is 24.3 Å². The highest BCUT2D eigenvalue weighted by Crippen LogP contribution is 2.39. The Balaban J connectivity index is 1.46. The summed E-state index contributed by atoms with van der Waals surface area (Å²) < 4.78 is 5.36. The van der Waals surface area contributed by atoms with Crippen LogP contribution in [0.5, 0.6) is 5.75 Å². The molecule has 1 N–H and O–H groups in total. The van der Waals surface area contributed by atoms with Crippen LogP contribution in [0.25, 0.3) is 0 Å². The average Bonchev–Trinajstić information content (AvgIpc) is 3.38.